The maximum absolute atomic E-state index is 9.11. The highest BCUT2D eigenvalue weighted by Crippen LogP contribution is 2.16. The van der Waals surface area contributed by atoms with Crippen LogP contribution in [0.5, 0.6) is 11.5 Å². The predicted octanol–water partition coefficient (Wildman–Crippen LogP) is 2.31. The highest BCUT2D eigenvalue weighted by molar-refractivity contribution is 5.30. The number of aryl methyl sites for hydroxylation is 1. The van der Waals surface area contributed by atoms with E-state index in [2.05, 4.69) is 17.1 Å². The van der Waals surface area contributed by atoms with Crippen LogP contribution in [0.15, 0.2) is 28.8 Å². The number of phenols is 1. The van der Waals surface area contributed by atoms with Gasteiger partial charge in [0, 0.05) is 6.42 Å². The Bertz CT molecular complexity index is 465. The smallest absolute Gasteiger partial charge is 0.226 e. The lowest BCUT2D eigenvalue weighted by Gasteiger charge is -2.02. The van der Waals surface area contributed by atoms with E-state index in [0.717, 1.165) is 12.8 Å². The van der Waals surface area contributed by atoms with Crippen molar-refractivity contribution in [3.05, 3.63) is 36.0 Å². The molecular weight excluding hydrogens is 220 g/mol. The lowest BCUT2D eigenvalue weighted by molar-refractivity contribution is 0.284. The topological polar surface area (TPSA) is 68.4 Å². The predicted molar refractivity (Wildman–Crippen MR) is 60.7 cm³/mol. The van der Waals surface area contributed by atoms with E-state index < -0.39 is 0 Å². The molecule has 0 spiro atoms. The van der Waals surface area contributed by atoms with Crippen LogP contribution < -0.4 is 4.74 Å². The summed E-state index contributed by atoms with van der Waals surface area (Å²) in [6.07, 6.45) is 1.76. The Morgan fingerprint density at radius 1 is 1.29 bits per heavy atom. The minimum atomic E-state index is 0.210. The van der Waals surface area contributed by atoms with Crippen molar-refractivity contribution in [1.29, 1.82) is 0 Å². The molecule has 0 fully saturated rings. The summed E-state index contributed by atoms with van der Waals surface area (Å²) in [5.74, 6) is 2.03. The zero-order valence-corrected chi connectivity index (χ0v) is 9.59. The molecule has 0 saturated heterocycles. The summed E-state index contributed by atoms with van der Waals surface area (Å²) in [7, 11) is 0. The lowest BCUT2D eigenvalue weighted by atomic mass is 10.3. The summed E-state index contributed by atoms with van der Waals surface area (Å²) >= 11 is 0. The van der Waals surface area contributed by atoms with E-state index in [-0.39, 0.29) is 12.4 Å². The molecule has 90 valence electrons. The standard InChI is InChI=1S/C12H14N2O3/c1-2-3-12-13-11(14-17-12)8-16-10-6-4-9(15)5-7-10/h4-7,15H,2-3,8H2,1H3. The summed E-state index contributed by atoms with van der Waals surface area (Å²) in [6, 6.07) is 6.49. The summed E-state index contributed by atoms with van der Waals surface area (Å²) < 4.78 is 10.5. The number of ether oxygens (including phenoxy) is 1. The minimum absolute atomic E-state index is 0.210. The van der Waals surface area contributed by atoms with E-state index in [1.165, 1.54) is 0 Å². The Hall–Kier alpha value is -2.04. The van der Waals surface area contributed by atoms with E-state index in [1.807, 2.05) is 0 Å². The number of benzene rings is 1. The Morgan fingerprint density at radius 2 is 2.06 bits per heavy atom. The Labute approximate surface area is 99.0 Å². The van der Waals surface area contributed by atoms with Gasteiger partial charge in [-0.25, -0.2) is 0 Å². The second-order valence-corrected chi connectivity index (χ2v) is 3.64. The summed E-state index contributed by atoms with van der Waals surface area (Å²) in [5, 5.41) is 12.9. The first kappa shape index (κ1) is 11.4. The van der Waals surface area contributed by atoms with Gasteiger partial charge in [-0.1, -0.05) is 12.1 Å². The molecule has 0 saturated carbocycles. The molecule has 5 heteroatoms. The van der Waals surface area contributed by atoms with Gasteiger partial charge in [-0.3, -0.25) is 0 Å². The number of phenolic OH excluding ortho intramolecular Hbond substituents is 1. The van der Waals surface area contributed by atoms with Gasteiger partial charge < -0.3 is 14.4 Å². The molecule has 0 aliphatic carbocycles. The van der Waals surface area contributed by atoms with Crippen LogP contribution in [0.4, 0.5) is 0 Å². The van der Waals surface area contributed by atoms with Gasteiger partial charge in [0.15, 0.2) is 6.61 Å². The zero-order chi connectivity index (χ0) is 12.1. The number of rotatable bonds is 5. The fourth-order valence-electron chi connectivity index (χ4n) is 1.35. The van der Waals surface area contributed by atoms with E-state index in [4.69, 9.17) is 14.4 Å². The fraction of sp³-hybridized carbons (Fsp3) is 0.333. The monoisotopic (exact) mass is 234 g/mol. The van der Waals surface area contributed by atoms with Gasteiger partial charge in [-0.2, -0.15) is 4.98 Å². The van der Waals surface area contributed by atoms with Crippen molar-refractivity contribution in [2.24, 2.45) is 0 Å². The van der Waals surface area contributed by atoms with E-state index in [1.54, 1.807) is 24.3 Å². The quantitative estimate of drug-likeness (QED) is 0.859. The Balaban J connectivity index is 1.90. The Kier molecular flexibility index (Phi) is 3.59. The van der Waals surface area contributed by atoms with E-state index in [9.17, 15) is 0 Å². The van der Waals surface area contributed by atoms with E-state index >= 15 is 0 Å². The second kappa shape index (κ2) is 5.34. The number of aromatic nitrogens is 2. The number of aromatic hydroxyl groups is 1. The molecule has 0 aliphatic heterocycles. The van der Waals surface area contributed by atoms with Crippen LogP contribution in [0, 0.1) is 0 Å². The van der Waals surface area contributed by atoms with Gasteiger partial charge >= 0.3 is 0 Å². The van der Waals surface area contributed by atoms with Crippen molar-refractivity contribution in [2.45, 2.75) is 26.4 Å². The number of hydrogen-bond acceptors (Lipinski definition) is 5. The number of nitrogens with zero attached hydrogens (tertiary/aromatic N) is 2. The van der Waals surface area contributed by atoms with Gasteiger partial charge in [-0.05, 0) is 30.7 Å². The SMILES string of the molecule is CCCc1nc(COc2ccc(O)cc2)no1. The van der Waals surface area contributed by atoms with E-state index in [0.29, 0.717) is 17.5 Å². The Morgan fingerprint density at radius 3 is 2.76 bits per heavy atom. The molecular formula is C12H14N2O3. The highest BCUT2D eigenvalue weighted by Gasteiger charge is 2.05. The van der Waals surface area contributed by atoms with Crippen molar-refractivity contribution in [3.8, 4) is 11.5 Å². The van der Waals surface area contributed by atoms with Crippen LogP contribution >= 0.6 is 0 Å². The molecule has 1 aromatic heterocycles. The van der Waals surface area contributed by atoms with Gasteiger partial charge in [0.2, 0.25) is 11.7 Å². The van der Waals surface area contributed by atoms with Crippen molar-refractivity contribution in [2.75, 3.05) is 0 Å². The molecule has 2 rings (SSSR count). The average molecular weight is 234 g/mol. The van der Waals surface area contributed by atoms with Gasteiger partial charge in [-0.15, -0.1) is 0 Å². The molecule has 0 unspecified atom stereocenters. The summed E-state index contributed by atoms with van der Waals surface area (Å²) in [4.78, 5) is 4.18. The third-order valence-corrected chi connectivity index (χ3v) is 2.18. The van der Waals surface area contributed by atoms with Crippen molar-refractivity contribution in [1.82, 2.24) is 10.1 Å². The maximum Gasteiger partial charge on any atom is 0.226 e. The summed E-state index contributed by atoms with van der Waals surface area (Å²) in [5.41, 5.74) is 0. The van der Waals surface area contributed by atoms with Crippen molar-refractivity contribution >= 4 is 0 Å². The molecule has 0 radical (unpaired) electrons. The normalized spacial score (nSPS) is 10.4. The van der Waals surface area contributed by atoms with Gasteiger partial charge in [0.1, 0.15) is 11.5 Å². The molecule has 0 atom stereocenters. The molecule has 1 N–H and O–H groups in total. The average Bonchev–Trinajstić information content (AvgIpc) is 2.77. The maximum atomic E-state index is 9.11. The molecule has 2 aromatic rings. The van der Waals surface area contributed by atoms with Crippen LogP contribution in [0.25, 0.3) is 0 Å². The lowest BCUT2D eigenvalue weighted by Crippen LogP contribution is -1.97. The third kappa shape index (κ3) is 3.21. The van der Waals surface area contributed by atoms with Gasteiger partial charge in [0.05, 0.1) is 0 Å². The molecule has 1 heterocycles. The fourth-order valence-corrected chi connectivity index (χ4v) is 1.35. The first-order valence-corrected chi connectivity index (χ1v) is 5.51. The first-order chi connectivity index (χ1) is 8.28. The van der Waals surface area contributed by atoms with Crippen molar-refractivity contribution < 1.29 is 14.4 Å². The van der Waals surface area contributed by atoms with Crippen LogP contribution in [-0.2, 0) is 13.0 Å². The zero-order valence-electron chi connectivity index (χ0n) is 9.59. The van der Waals surface area contributed by atoms with Crippen LogP contribution in [-0.4, -0.2) is 15.2 Å². The largest absolute Gasteiger partial charge is 0.508 e. The molecule has 17 heavy (non-hydrogen) atoms. The van der Waals surface area contributed by atoms with Crippen LogP contribution in [0.3, 0.4) is 0 Å². The molecule has 0 bridgehead atoms. The molecule has 5 nitrogen and oxygen atoms in total. The molecule has 0 aliphatic rings. The van der Waals surface area contributed by atoms with Crippen molar-refractivity contribution in [3.63, 3.8) is 0 Å². The minimum Gasteiger partial charge on any atom is -0.508 e. The molecule has 1 aromatic carbocycles. The first-order valence-electron chi connectivity index (χ1n) is 5.51. The van der Waals surface area contributed by atoms with Crippen LogP contribution in [0.1, 0.15) is 25.1 Å². The molecule has 0 amide bonds. The van der Waals surface area contributed by atoms with Crippen LogP contribution in [0.2, 0.25) is 0 Å². The third-order valence-electron chi connectivity index (χ3n) is 2.18. The second-order valence-electron chi connectivity index (χ2n) is 3.64. The van der Waals surface area contributed by atoms with Gasteiger partial charge in [0.25, 0.3) is 0 Å². The number of hydrogen-bond donors (Lipinski definition) is 1. The highest BCUT2D eigenvalue weighted by atomic mass is 16.5. The summed E-state index contributed by atoms with van der Waals surface area (Å²) in [6.45, 7) is 2.31.